The molecule has 2 aromatic rings. The zero-order chi connectivity index (χ0) is 20.8. The molecule has 170 valence electrons. The molecule has 31 heavy (non-hydrogen) atoms. The Morgan fingerprint density at radius 3 is 2.26 bits per heavy atom. The minimum absolute atomic E-state index is 0. The highest BCUT2D eigenvalue weighted by atomic mass is 35.5. The fraction of sp³-hybridized carbons (Fsp3) is 0.350. The molecule has 2 aromatic carbocycles. The molecule has 1 unspecified atom stereocenters. The minimum atomic E-state index is -0.943. The maximum atomic E-state index is 11.4. The van der Waals surface area contributed by atoms with Crippen LogP contribution in [0.3, 0.4) is 0 Å². The molecule has 0 bridgehead atoms. The maximum absolute atomic E-state index is 11.4. The molecule has 1 heterocycles. The van der Waals surface area contributed by atoms with Crippen LogP contribution < -0.4 is 9.64 Å². The Kier molecular flexibility index (Phi) is 10.5. The fourth-order valence-electron chi connectivity index (χ4n) is 3.31. The average Bonchev–Trinajstić information content (AvgIpc) is 2.73. The predicted octanol–water partition coefficient (Wildman–Crippen LogP) is 2.70. The summed E-state index contributed by atoms with van der Waals surface area (Å²) in [6.45, 7) is 3.24. The maximum Gasteiger partial charge on any atom is 0.337 e. The summed E-state index contributed by atoms with van der Waals surface area (Å²) in [7, 11) is 0. The number of nitro groups is 1. The molecular formula is C20H25Cl2N3O6. The van der Waals surface area contributed by atoms with Gasteiger partial charge in [-0.25, -0.2) is 4.79 Å². The zero-order valence-electron chi connectivity index (χ0n) is 16.6. The van der Waals surface area contributed by atoms with Crippen LogP contribution in [0.4, 0.5) is 11.4 Å². The van der Waals surface area contributed by atoms with Crippen molar-refractivity contribution in [2.24, 2.45) is 0 Å². The molecule has 0 radical (unpaired) electrons. The van der Waals surface area contributed by atoms with Crippen LogP contribution in [-0.4, -0.2) is 71.4 Å². The van der Waals surface area contributed by atoms with Crippen LogP contribution in [0.1, 0.15) is 10.4 Å². The van der Waals surface area contributed by atoms with Crippen molar-refractivity contribution in [2.75, 3.05) is 44.2 Å². The van der Waals surface area contributed by atoms with Crippen molar-refractivity contribution in [2.45, 2.75) is 6.10 Å². The minimum Gasteiger partial charge on any atom is -0.491 e. The van der Waals surface area contributed by atoms with Crippen LogP contribution in [0.25, 0.3) is 0 Å². The smallest absolute Gasteiger partial charge is 0.337 e. The first-order chi connectivity index (χ1) is 13.9. The SMILES string of the molecule is Cl.Cl.O=C(O)c1ccccc1N1CCN(CC(O)COc2ccc([N+](=O)[O-])cc2)CC1. The Morgan fingerprint density at radius 1 is 1.06 bits per heavy atom. The van der Waals surface area contributed by atoms with Crippen molar-refractivity contribution < 1.29 is 24.7 Å². The van der Waals surface area contributed by atoms with Gasteiger partial charge in [-0.2, -0.15) is 0 Å². The highest BCUT2D eigenvalue weighted by Gasteiger charge is 2.22. The number of rotatable bonds is 8. The number of nitrogens with zero attached hydrogens (tertiary/aromatic N) is 3. The van der Waals surface area contributed by atoms with E-state index in [2.05, 4.69) is 4.90 Å². The third kappa shape index (κ3) is 7.25. The van der Waals surface area contributed by atoms with E-state index in [9.17, 15) is 25.1 Å². The predicted molar refractivity (Wildman–Crippen MR) is 121 cm³/mol. The Morgan fingerprint density at radius 2 is 1.68 bits per heavy atom. The third-order valence-corrected chi connectivity index (χ3v) is 4.81. The van der Waals surface area contributed by atoms with Crippen LogP contribution in [0.5, 0.6) is 5.75 Å². The van der Waals surface area contributed by atoms with Crippen LogP contribution in [0.15, 0.2) is 48.5 Å². The Hall–Kier alpha value is -2.59. The van der Waals surface area contributed by atoms with E-state index in [-0.39, 0.29) is 42.7 Å². The molecule has 1 saturated heterocycles. The number of ether oxygens (including phenoxy) is 1. The topological polar surface area (TPSA) is 116 Å². The Labute approximate surface area is 192 Å². The number of benzene rings is 2. The average molecular weight is 474 g/mol. The second-order valence-corrected chi connectivity index (χ2v) is 6.83. The molecule has 1 aliphatic rings. The van der Waals surface area contributed by atoms with Gasteiger partial charge in [-0.15, -0.1) is 24.8 Å². The number of non-ortho nitro benzene ring substituents is 1. The molecule has 0 saturated carbocycles. The molecular weight excluding hydrogens is 449 g/mol. The van der Waals surface area contributed by atoms with E-state index in [0.717, 1.165) is 0 Å². The van der Waals surface area contributed by atoms with E-state index < -0.39 is 17.0 Å². The van der Waals surface area contributed by atoms with E-state index in [1.807, 2.05) is 17.0 Å². The lowest BCUT2D eigenvalue weighted by molar-refractivity contribution is -0.384. The number of carbonyl (C=O) groups is 1. The van der Waals surface area contributed by atoms with Gasteiger partial charge < -0.3 is 19.8 Å². The second-order valence-electron chi connectivity index (χ2n) is 6.83. The molecule has 0 spiro atoms. The summed E-state index contributed by atoms with van der Waals surface area (Å²) in [4.78, 5) is 25.7. The van der Waals surface area contributed by atoms with Crippen molar-refractivity contribution in [3.63, 3.8) is 0 Å². The van der Waals surface area contributed by atoms with Gasteiger partial charge in [0.15, 0.2) is 0 Å². The lowest BCUT2D eigenvalue weighted by atomic mass is 10.1. The first kappa shape index (κ1) is 26.4. The van der Waals surface area contributed by atoms with Gasteiger partial charge >= 0.3 is 5.97 Å². The number of anilines is 1. The van der Waals surface area contributed by atoms with E-state index in [4.69, 9.17) is 4.74 Å². The highest BCUT2D eigenvalue weighted by molar-refractivity contribution is 5.94. The number of nitro benzene ring substituents is 1. The van der Waals surface area contributed by atoms with Gasteiger partial charge in [0.05, 0.1) is 16.2 Å². The quantitative estimate of drug-likeness (QED) is 0.443. The third-order valence-electron chi connectivity index (χ3n) is 4.81. The van der Waals surface area contributed by atoms with Crippen molar-refractivity contribution >= 4 is 42.2 Å². The van der Waals surface area contributed by atoms with E-state index in [0.29, 0.717) is 44.2 Å². The first-order valence-corrected chi connectivity index (χ1v) is 9.29. The first-order valence-electron chi connectivity index (χ1n) is 9.29. The molecule has 1 atom stereocenters. The Bertz CT molecular complexity index is 860. The molecule has 0 aromatic heterocycles. The lowest BCUT2D eigenvalue weighted by Crippen LogP contribution is -2.49. The monoisotopic (exact) mass is 473 g/mol. The van der Waals surface area contributed by atoms with Crippen molar-refractivity contribution in [1.82, 2.24) is 4.90 Å². The number of halogens is 2. The van der Waals surface area contributed by atoms with Crippen LogP contribution in [0.2, 0.25) is 0 Å². The summed E-state index contributed by atoms with van der Waals surface area (Å²) in [6.07, 6.45) is -0.706. The molecule has 1 aliphatic heterocycles. The van der Waals surface area contributed by atoms with Gasteiger partial charge in [-0.1, -0.05) is 12.1 Å². The standard InChI is InChI=1S/C20H23N3O6.2ClH/c24-16(14-29-17-7-5-15(6-8-17)23(27)28)13-21-9-11-22(12-10-21)19-4-2-1-3-18(19)20(25)26;;/h1-8,16,24H,9-14H2,(H,25,26);2*1H. The molecule has 0 amide bonds. The van der Waals surface area contributed by atoms with Crippen LogP contribution in [-0.2, 0) is 0 Å². The number of hydrogen-bond donors (Lipinski definition) is 2. The van der Waals surface area contributed by atoms with Gasteiger partial charge in [-0.3, -0.25) is 15.0 Å². The number of hydrogen-bond acceptors (Lipinski definition) is 7. The van der Waals surface area contributed by atoms with Crippen LogP contribution in [0, 0.1) is 10.1 Å². The molecule has 11 heteroatoms. The zero-order valence-corrected chi connectivity index (χ0v) is 18.3. The van der Waals surface area contributed by atoms with Crippen molar-refractivity contribution in [3.8, 4) is 5.75 Å². The summed E-state index contributed by atoms with van der Waals surface area (Å²) in [5, 5.41) is 30.2. The highest BCUT2D eigenvalue weighted by Crippen LogP contribution is 2.22. The summed E-state index contributed by atoms with van der Waals surface area (Å²) >= 11 is 0. The number of β-amino-alcohol motifs (C(OH)–C–C–N with tert-alkyl or cyclic N) is 1. The summed E-state index contributed by atoms with van der Waals surface area (Å²) in [5.74, 6) is -0.480. The number of para-hydroxylation sites is 1. The number of aromatic carboxylic acids is 1. The normalized spacial score (nSPS) is 14.7. The molecule has 1 fully saturated rings. The second kappa shape index (κ2) is 12.3. The molecule has 0 aliphatic carbocycles. The van der Waals surface area contributed by atoms with Crippen molar-refractivity contribution in [3.05, 3.63) is 64.2 Å². The number of carboxylic acids is 1. The van der Waals surface area contributed by atoms with E-state index >= 15 is 0 Å². The fourth-order valence-corrected chi connectivity index (χ4v) is 3.31. The number of aliphatic hydroxyl groups excluding tert-OH is 1. The van der Waals surface area contributed by atoms with Gasteiger partial charge in [0, 0.05) is 44.9 Å². The number of aliphatic hydroxyl groups is 1. The largest absolute Gasteiger partial charge is 0.491 e. The van der Waals surface area contributed by atoms with Crippen LogP contribution >= 0.6 is 24.8 Å². The molecule has 2 N–H and O–H groups in total. The molecule has 9 nitrogen and oxygen atoms in total. The lowest BCUT2D eigenvalue weighted by Gasteiger charge is -2.37. The summed E-state index contributed by atoms with van der Waals surface area (Å²) in [5.41, 5.74) is 0.986. The summed E-state index contributed by atoms with van der Waals surface area (Å²) in [6, 6.07) is 12.7. The number of piperazine rings is 1. The number of carboxylic acid groups (broad SMARTS) is 1. The van der Waals surface area contributed by atoms with E-state index in [1.165, 1.54) is 24.3 Å². The van der Waals surface area contributed by atoms with Crippen molar-refractivity contribution in [1.29, 1.82) is 0 Å². The Balaban J connectivity index is 0.00000240. The van der Waals surface area contributed by atoms with E-state index in [1.54, 1.807) is 12.1 Å². The van der Waals surface area contributed by atoms with Gasteiger partial charge in [-0.05, 0) is 24.3 Å². The van der Waals surface area contributed by atoms with Gasteiger partial charge in [0.1, 0.15) is 18.5 Å². The van der Waals surface area contributed by atoms with Gasteiger partial charge in [0.25, 0.3) is 5.69 Å². The van der Waals surface area contributed by atoms with Gasteiger partial charge in [0.2, 0.25) is 0 Å². The molecule has 3 rings (SSSR count). The summed E-state index contributed by atoms with van der Waals surface area (Å²) < 4.78 is 5.50.